The zero-order valence-corrected chi connectivity index (χ0v) is 13.8. The van der Waals surface area contributed by atoms with Crippen LogP contribution in [0.25, 0.3) is 18.1 Å². The molecule has 2 aromatic rings. The van der Waals surface area contributed by atoms with E-state index in [4.69, 9.17) is 0 Å². The predicted molar refractivity (Wildman–Crippen MR) is 88.8 cm³/mol. The molecule has 1 unspecified atom stereocenters. The third-order valence-corrected chi connectivity index (χ3v) is 4.56. The van der Waals surface area contributed by atoms with E-state index in [1.165, 1.54) is 11.1 Å². The third kappa shape index (κ3) is 3.05. The van der Waals surface area contributed by atoms with Crippen molar-refractivity contribution in [1.29, 1.82) is 0 Å². The molecular weight excluding hydrogens is 344 g/mol. The van der Waals surface area contributed by atoms with Crippen LogP contribution in [0.2, 0.25) is 0 Å². The first-order valence-corrected chi connectivity index (χ1v) is 8.27. The molecule has 2 aromatic heterocycles. The largest absolute Gasteiger partial charge is 0.370 e. The number of likely N-dealkylation sites (tertiary alicyclic amines) is 1. The Balaban J connectivity index is 1.56. The number of hydrogen-bond acceptors (Lipinski definition) is 5. The number of aliphatic hydroxyl groups excluding tert-OH is 1. The average molecular weight is 361 g/mol. The second-order valence-electron chi connectivity index (χ2n) is 6.37. The quantitative estimate of drug-likeness (QED) is 0.759. The Morgan fingerprint density at radius 3 is 2.73 bits per heavy atom. The molecule has 2 aliphatic rings. The van der Waals surface area contributed by atoms with Crippen LogP contribution in [0.1, 0.15) is 23.2 Å². The number of nitrogens with one attached hydrogen (secondary N) is 1. The summed E-state index contributed by atoms with van der Waals surface area (Å²) in [5.41, 5.74) is 0.345. The maximum absolute atomic E-state index is 13.2. The number of carbonyl (C=O) groups excluding carboxylic acids is 1. The summed E-state index contributed by atoms with van der Waals surface area (Å²) in [5.74, 6) is -2.50. The minimum atomic E-state index is -2.69. The van der Waals surface area contributed by atoms with Crippen molar-refractivity contribution in [3.8, 4) is 5.82 Å². The molecule has 4 heterocycles. The number of carbonyl (C=O) groups is 1. The summed E-state index contributed by atoms with van der Waals surface area (Å²) in [6.07, 6.45) is 4.89. The van der Waals surface area contributed by atoms with Gasteiger partial charge in [-0.1, -0.05) is 0 Å². The summed E-state index contributed by atoms with van der Waals surface area (Å²) in [4.78, 5) is 18.1. The van der Waals surface area contributed by atoms with Crippen LogP contribution in [0, 0.1) is 0 Å². The SMILES string of the molecule is O=C(c1ccc(-n2ncc3c2=CC(O)NC=3)nc1)N1CCC(F)(F)CC1. The Labute approximate surface area is 147 Å². The fourth-order valence-electron chi connectivity index (χ4n) is 3.06. The second-order valence-corrected chi connectivity index (χ2v) is 6.37. The number of rotatable bonds is 2. The minimum Gasteiger partial charge on any atom is -0.370 e. The van der Waals surface area contributed by atoms with Crippen molar-refractivity contribution in [2.75, 3.05) is 13.1 Å². The molecular formula is C17H17F2N5O2. The molecule has 136 valence electrons. The van der Waals surface area contributed by atoms with Crippen LogP contribution in [0.15, 0.2) is 24.5 Å². The molecule has 0 aliphatic carbocycles. The second kappa shape index (κ2) is 6.17. The van der Waals surface area contributed by atoms with Gasteiger partial charge in [-0.25, -0.2) is 18.4 Å². The fourth-order valence-corrected chi connectivity index (χ4v) is 3.06. The van der Waals surface area contributed by atoms with Gasteiger partial charge in [0.15, 0.2) is 5.82 Å². The molecule has 9 heteroatoms. The number of amides is 1. The van der Waals surface area contributed by atoms with E-state index in [9.17, 15) is 18.7 Å². The molecule has 0 radical (unpaired) electrons. The minimum absolute atomic E-state index is 0.0376. The molecule has 1 saturated heterocycles. The van der Waals surface area contributed by atoms with Gasteiger partial charge in [0.25, 0.3) is 11.8 Å². The molecule has 2 aliphatic heterocycles. The molecule has 26 heavy (non-hydrogen) atoms. The summed E-state index contributed by atoms with van der Waals surface area (Å²) < 4.78 is 28.0. The van der Waals surface area contributed by atoms with Gasteiger partial charge in [-0.2, -0.15) is 5.10 Å². The third-order valence-electron chi connectivity index (χ3n) is 4.56. The molecule has 0 spiro atoms. The average Bonchev–Trinajstić information content (AvgIpc) is 3.04. The smallest absolute Gasteiger partial charge is 0.255 e. The number of nitrogens with zero attached hydrogens (tertiary/aromatic N) is 4. The Morgan fingerprint density at radius 2 is 2.04 bits per heavy atom. The van der Waals surface area contributed by atoms with E-state index in [-0.39, 0.29) is 31.8 Å². The Kier molecular flexibility index (Phi) is 3.95. The lowest BCUT2D eigenvalue weighted by molar-refractivity contribution is -0.0494. The zero-order valence-electron chi connectivity index (χ0n) is 13.8. The summed E-state index contributed by atoms with van der Waals surface area (Å²) in [5, 5.41) is 18.2. The molecule has 1 fully saturated rings. The number of alkyl halides is 2. The summed E-state index contributed by atoms with van der Waals surface area (Å²) in [7, 11) is 0. The number of aliphatic hydroxyl groups is 1. The van der Waals surface area contributed by atoms with Crippen LogP contribution in [0.3, 0.4) is 0 Å². The molecule has 1 amide bonds. The maximum Gasteiger partial charge on any atom is 0.255 e. The van der Waals surface area contributed by atoms with Crippen LogP contribution in [-0.2, 0) is 0 Å². The first-order chi connectivity index (χ1) is 12.4. The van der Waals surface area contributed by atoms with E-state index in [2.05, 4.69) is 15.4 Å². The van der Waals surface area contributed by atoms with Crippen molar-refractivity contribution in [3.63, 3.8) is 0 Å². The lowest BCUT2D eigenvalue weighted by atomic mass is 10.1. The van der Waals surface area contributed by atoms with Gasteiger partial charge < -0.3 is 15.3 Å². The Hall–Kier alpha value is -2.81. The molecule has 0 saturated carbocycles. The van der Waals surface area contributed by atoms with Crippen LogP contribution in [0.5, 0.6) is 0 Å². The summed E-state index contributed by atoms with van der Waals surface area (Å²) in [6.45, 7) is 0.0753. The van der Waals surface area contributed by atoms with Crippen molar-refractivity contribution in [3.05, 3.63) is 40.7 Å². The van der Waals surface area contributed by atoms with Gasteiger partial charge in [0.05, 0.1) is 17.1 Å². The molecule has 0 aromatic carbocycles. The van der Waals surface area contributed by atoms with Gasteiger partial charge >= 0.3 is 0 Å². The van der Waals surface area contributed by atoms with Crippen LogP contribution < -0.4 is 15.9 Å². The number of pyridine rings is 1. The van der Waals surface area contributed by atoms with Crippen molar-refractivity contribution >= 4 is 18.2 Å². The lowest BCUT2D eigenvalue weighted by Crippen LogP contribution is -2.42. The van der Waals surface area contributed by atoms with Crippen LogP contribution in [0.4, 0.5) is 8.78 Å². The predicted octanol–water partition coefficient (Wildman–Crippen LogP) is -0.421. The number of hydrogen-bond donors (Lipinski definition) is 2. The van der Waals surface area contributed by atoms with E-state index in [0.717, 1.165) is 5.22 Å². The highest BCUT2D eigenvalue weighted by Crippen LogP contribution is 2.28. The number of halogens is 2. The maximum atomic E-state index is 13.2. The molecule has 7 nitrogen and oxygen atoms in total. The van der Waals surface area contributed by atoms with Gasteiger partial charge in [0.2, 0.25) is 0 Å². The van der Waals surface area contributed by atoms with Crippen molar-refractivity contribution in [1.82, 2.24) is 25.0 Å². The van der Waals surface area contributed by atoms with Crippen LogP contribution >= 0.6 is 0 Å². The van der Waals surface area contributed by atoms with Gasteiger partial charge in [-0.15, -0.1) is 0 Å². The number of aromatic nitrogens is 3. The van der Waals surface area contributed by atoms with Gasteiger partial charge in [-0.05, 0) is 18.2 Å². The fraction of sp³-hybridized carbons (Fsp3) is 0.353. The highest BCUT2D eigenvalue weighted by Gasteiger charge is 2.35. The topological polar surface area (TPSA) is 83.3 Å². The Morgan fingerprint density at radius 1 is 1.27 bits per heavy atom. The van der Waals surface area contributed by atoms with Crippen molar-refractivity contribution < 1.29 is 18.7 Å². The summed E-state index contributed by atoms with van der Waals surface area (Å²) in [6, 6.07) is 3.24. The monoisotopic (exact) mass is 361 g/mol. The van der Waals surface area contributed by atoms with E-state index in [0.29, 0.717) is 16.7 Å². The lowest BCUT2D eigenvalue weighted by Gasteiger charge is -2.31. The van der Waals surface area contributed by atoms with Gasteiger partial charge in [0.1, 0.15) is 6.23 Å². The zero-order chi connectivity index (χ0) is 18.3. The highest BCUT2D eigenvalue weighted by molar-refractivity contribution is 5.94. The van der Waals surface area contributed by atoms with E-state index < -0.39 is 12.2 Å². The molecule has 0 bridgehead atoms. The highest BCUT2D eigenvalue weighted by atomic mass is 19.3. The van der Waals surface area contributed by atoms with Crippen LogP contribution in [-0.4, -0.2) is 55.9 Å². The molecule has 2 N–H and O–H groups in total. The summed E-state index contributed by atoms with van der Waals surface area (Å²) >= 11 is 0. The normalized spacial score (nSPS) is 21.2. The van der Waals surface area contributed by atoms with E-state index in [1.54, 1.807) is 35.3 Å². The van der Waals surface area contributed by atoms with E-state index in [1.807, 2.05) is 0 Å². The first-order valence-electron chi connectivity index (χ1n) is 8.27. The number of piperidine rings is 1. The Bertz CT molecular complexity index is 945. The standard InChI is InChI=1S/C17H17F2N5O2/c18-17(19)3-5-23(6-4-17)16(26)11-1-2-14(20-8-11)24-13-7-15(25)21-9-12(13)10-22-24/h1-2,7-10,15,21,25H,3-6H2. The first kappa shape index (κ1) is 16.6. The van der Waals surface area contributed by atoms with Crippen molar-refractivity contribution in [2.45, 2.75) is 25.0 Å². The van der Waals surface area contributed by atoms with Gasteiger partial charge in [-0.3, -0.25) is 4.79 Å². The number of fused-ring (bicyclic) bond motifs is 1. The van der Waals surface area contributed by atoms with Gasteiger partial charge in [0, 0.05) is 43.5 Å². The molecule has 1 atom stereocenters. The van der Waals surface area contributed by atoms with E-state index >= 15 is 0 Å². The van der Waals surface area contributed by atoms with Crippen molar-refractivity contribution in [2.24, 2.45) is 0 Å². The molecule has 4 rings (SSSR count).